The lowest BCUT2D eigenvalue weighted by Gasteiger charge is -2.26. The molecule has 1 atom stereocenters. The molecule has 1 aromatic rings. The van der Waals surface area contributed by atoms with E-state index in [0.717, 1.165) is 22.5 Å². The van der Waals surface area contributed by atoms with Crippen LogP contribution in [-0.2, 0) is 6.42 Å². The standard InChI is InChI=1S/C17H27BrClN/c1-12(2)8-13(11-20-17(3,4)5)9-14-6-7-15(18)10-16(14)19/h6-7,10,12-13,20H,8-9,11H2,1-5H3. The van der Waals surface area contributed by atoms with E-state index in [0.29, 0.717) is 11.8 Å². The fourth-order valence-corrected chi connectivity index (χ4v) is 3.10. The molecule has 0 fully saturated rings. The molecule has 114 valence electrons. The van der Waals surface area contributed by atoms with Crippen LogP contribution in [0.2, 0.25) is 5.02 Å². The van der Waals surface area contributed by atoms with E-state index in [1.807, 2.05) is 6.07 Å². The van der Waals surface area contributed by atoms with Crippen molar-refractivity contribution in [3.8, 4) is 0 Å². The Morgan fingerprint density at radius 2 is 1.90 bits per heavy atom. The minimum atomic E-state index is 0.165. The van der Waals surface area contributed by atoms with E-state index in [1.165, 1.54) is 12.0 Å². The van der Waals surface area contributed by atoms with Gasteiger partial charge in [-0.25, -0.2) is 0 Å². The van der Waals surface area contributed by atoms with Crippen molar-refractivity contribution in [2.45, 2.75) is 53.0 Å². The Hall–Kier alpha value is -0.0500. The van der Waals surface area contributed by atoms with Gasteiger partial charge in [0.05, 0.1) is 0 Å². The van der Waals surface area contributed by atoms with Crippen LogP contribution in [0.1, 0.15) is 46.6 Å². The van der Waals surface area contributed by atoms with Crippen LogP contribution >= 0.6 is 27.5 Å². The van der Waals surface area contributed by atoms with Crippen molar-refractivity contribution in [2.75, 3.05) is 6.54 Å². The third-order valence-corrected chi connectivity index (χ3v) is 4.09. The van der Waals surface area contributed by atoms with Crippen LogP contribution in [0.15, 0.2) is 22.7 Å². The van der Waals surface area contributed by atoms with E-state index in [9.17, 15) is 0 Å². The molecule has 20 heavy (non-hydrogen) atoms. The van der Waals surface area contributed by atoms with Gasteiger partial charge in [-0.15, -0.1) is 0 Å². The second kappa shape index (κ2) is 7.82. The van der Waals surface area contributed by atoms with Gasteiger partial charge in [-0.1, -0.05) is 47.4 Å². The Labute approximate surface area is 137 Å². The second-order valence-corrected chi connectivity index (χ2v) is 8.39. The molecule has 0 saturated carbocycles. The van der Waals surface area contributed by atoms with Gasteiger partial charge >= 0.3 is 0 Å². The summed E-state index contributed by atoms with van der Waals surface area (Å²) in [6.07, 6.45) is 2.25. The van der Waals surface area contributed by atoms with Gasteiger partial charge < -0.3 is 5.32 Å². The van der Waals surface area contributed by atoms with E-state index < -0.39 is 0 Å². The largest absolute Gasteiger partial charge is 0.312 e. The van der Waals surface area contributed by atoms with Crippen molar-refractivity contribution >= 4 is 27.5 Å². The molecule has 0 saturated heterocycles. The average molecular weight is 361 g/mol. The number of hydrogen-bond donors (Lipinski definition) is 1. The molecular formula is C17H27BrClN. The fraction of sp³-hybridized carbons (Fsp3) is 0.647. The summed E-state index contributed by atoms with van der Waals surface area (Å²) in [6, 6.07) is 6.20. The lowest BCUT2D eigenvalue weighted by atomic mass is 9.90. The maximum Gasteiger partial charge on any atom is 0.0449 e. The quantitative estimate of drug-likeness (QED) is 0.686. The Balaban J connectivity index is 2.73. The number of hydrogen-bond acceptors (Lipinski definition) is 1. The topological polar surface area (TPSA) is 12.0 Å². The molecule has 1 N–H and O–H groups in total. The first kappa shape index (κ1) is 18.0. The Bertz CT molecular complexity index is 423. The average Bonchev–Trinajstić information content (AvgIpc) is 2.28. The highest BCUT2D eigenvalue weighted by Crippen LogP contribution is 2.26. The van der Waals surface area contributed by atoms with Crippen LogP contribution in [0.25, 0.3) is 0 Å². The molecule has 0 aliphatic carbocycles. The van der Waals surface area contributed by atoms with Crippen LogP contribution in [0, 0.1) is 11.8 Å². The molecule has 0 amide bonds. The van der Waals surface area contributed by atoms with Crippen molar-refractivity contribution < 1.29 is 0 Å². The molecule has 1 unspecified atom stereocenters. The predicted octanol–water partition coefficient (Wildman–Crippen LogP) is 5.70. The highest BCUT2D eigenvalue weighted by molar-refractivity contribution is 9.10. The number of rotatable bonds is 6. The predicted molar refractivity (Wildman–Crippen MR) is 93.6 cm³/mol. The lowest BCUT2D eigenvalue weighted by molar-refractivity contribution is 0.331. The molecule has 1 rings (SSSR count). The van der Waals surface area contributed by atoms with Crippen LogP contribution < -0.4 is 5.32 Å². The van der Waals surface area contributed by atoms with Gasteiger partial charge in [-0.3, -0.25) is 0 Å². The van der Waals surface area contributed by atoms with Crippen LogP contribution in [0.5, 0.6) is 0 Å². The van der Waals surface area contributed by atoms with Crippen molar-refractivity contribution in [3.63, 3.8) is 0 Å². The van der Waals surface area contributed by atoms with Gasteiger partial charge in [-0.2, -0.15) is 0 Å². The number of benzene rings is 1. The first-order valence-electron chi connectivity index (χ1n) is 7.36. The minimum absolute atomic E-state index is 0.165. The van der Waals surface area contributed by atoms with Crippen molar-refractivity contribution in [1.82, 2.24) is 5.32 Å². The van der Waals surface area contributed by atoms with Crippen LogP contribution in [0.3, 0.4) is 0 Å². The summed E-state index contributed by atoms with van der Waals surface area (Å²) in [5.41, 5.74) is 1.41. The summed E-state index contributed by atoms with van der Waals surface area (Å²) < 4.78 is 1.04. The van der Waals surface area contributed by atoms with E-state index in [1.54, 1.807) is 0 Å². The summed E-state index contributed by atoms with van der Waals surface area (Å²) in [6.45, 7) is 12.2. The summed E-state index contributed by atoms with van der Waals surface area (Å²) in [5, 5.41) is 4.49. The smallest absolute Gasteiger partial charge is 0.0449 e. The molecule has 1 nitrogen and oxygen atoms in total. The molecular weight excluding hydrogens is 334 g/mol. The summed E-state index contributed by atoms with van der Waals surface area (Å²) >= 11 is 9.81. The maximum absolute atomic E-state index is 6.35. The normalized spacial score (nSPS) is 13.8. The van der Waals surface area contributed by atoms with Gasteiger partial charge in [0, 0.05) is 15.0 Å². The highest BCUT2D eigenvalue weighted by atomic mass is 79.9. The zero-order valence-electron chi connectivity index (χ0n) is 13.3. The van der Waals surface area contributed by atoms with Gasteiger partial charge in [-0.05, 0) is 69.7 Å². The van der Waals surface area contributed by atoms with Crippen molar-refractivity contribution in [3.05, 3.63) is 33.3 Å². The van der Waals surface area contributed by atoms with Gasteiger partial charge in [0.1, 0.15) is 0 Å². The summed E-state index contributed by atoms with van der Waals surface area (Å²) in [7, 11) is 0. The molecule has 0 bridgehead atoms. The van der Waals surface area contributed by atoms with Crippen molar-refractivity contribution in [1.29, 1.82) is 0 Å². The van der Waals surface area contributed by atoms with E-state index in [2.05, 4.69) is 68.0 Å². The summed E-state index contributed by atoms with van der Waals surface area (Å²) in [4.78, 5) is 0. The third-order valence-electron chi connectivity index (χ3n) is 3.25. The monoisotopic (exact) mass is 359 g/mol. The van der Waals surface area contributed by atoms with Crippen LogP contribution in [-0.4, -0.2) is 12.1 Å². The lowest BCUT2D eigenvalue weighted by Crippen LogP contribution is -2.39. The SMILES string of the molecule is CC(C)CC(CNC(C)(C)C)Cc1ccc(Br)cc1Cl. The molecule has 0 heterocycles. The number of nitrogens with one attached hydrogen (secondary N) is 1. The molecule has 0 aliphatic rings. The molecule has 0 aromatic heterocycles. The molecule has 1 aromatic carbocycles. The van der Waals surface area contributed by atoms with Gasteiger partial charge in [0.2, 0.25) is 0 Å². The second-order valence-electron chi connectivity index (χ2n) is 7.07. The Morgan fingerprint density at radius 3 is 2.40 bits per heavy atom. The Morgan fingerprint density at radius 1 is 1.25 bits per heavy atom. The van der Waals surface area contributed by atoms with E-state index >= 15 is 0 Å². The molecule has 3 heteroatoms. The number of halogens is 2. The summed E-state index contributed by atoms with van der Waals surface area (Å²) in [5.74, 6) is 1.32. The molecule has 0 aliphatic heterocycles. The first-order chi connectivity index (χ1) is 9.17. The van der Waals surface area contributed by atoms with E-state index in [-0.39, 0.29) is 5.54 Å². The Kier molecular flexibility index (Phi) is 7.03. The zero-order valence-corrected chi connectivity index (χ0v) is 15.6. The third kappa shape index (κ3) is 7.10. The molecule has 0 radical (unpaired) electrons. The van der Waals surface area contributed by atoms with Gasteiger partial charge in [0.15, 0.2) is 0 Å². The highest BCUT2D eigenvalue weighted by Gasteiger charge is 2.17. The van der Waals surface area contributed by atoms with Gasteiger partial charge in [0.25, 0.3) is 0 Å². The first-order valence-corrected chi connectivity index (χ1v) is 8.53. The van der Waals surface area contributed by atoms with Crippen LogP contribution in [0.4, 0.5) is 0 Å². The van der Waals surface area contributed by atoms with Crippen molar-refractivity contribution in [2.24, 2.45) is 11.8 Å². The zero-order chi connectivity index (χ0) is 15.3. The van der Waals surface area contributed by atoms with E-state index in [4.69, 9.17) is 11.6 Å². The maximum atomic E-state index is 6.35. The fourth-order valence-electron chi connectivity index (χ4n) is 2.35. The minimum Gasteiger partial charge on any atom is -0.312 e. The molecule has 0 spiro atoms.